The molecule has 0 saturated carbocycles. The fourth-order valence-corrected chi connectivity index (χ4v) is 2.93. The average molecular weight is 362 g/mol. The van der Waals surface area contributed by atoms with Gasteiger partial charge in [0.15, 0.2) is 0 Å². The standard InChI is InChI=1S/C20H20F2O4/c1-25-19(23)11-17(13-3-7-15(21)8-4-13)18(12-20(24)26-2)14-5-9-16(22)10-6-14/h3-10,17-18H,11-12H2,1-2H3/t17-,18-/m0/s1. The number of carbonyl (C=O) groups is 2. The summed E-state index contributed by atoms with van der Waals surface area (Å²) in [4.78, 5) is 23.9. The molecule has 0 unspecified atom stereocenters. The summed E-state index contributed by atoms with van der Waals surface area (Å²) >= 11 is 0. The number of ether oxygens (including phenoxy) is 2. The smallest absolute Gasteiger partial charge is 0.306 e. The molecule has 0 aliphatic rings. The summed E-state index contributed by atoms with van der Waals surface area (Å²) in [6.45, 7) is 0. The zero-order valence-electron chi connectivity index (χ0n) is 14.6. The fourth-order valence-electron chi connectivity index (χ4n) is 2.93. The van der Waals surface area contributed by atoms with Gasteiger partial charge in [-0.15, -0.1) is 0 Å². The Bertz CT molecular complexity index is 676. The second-order valence-corrected chi connectivity index (χ2v) is 5.88. The van der Waals surface area contributed by atoms with Crippen LogP contribution in [0.5, 0.6) is 0 Å². The zero-order chi connectivity index (χ0) is 19.1. The number of rotatable bonds is 7. The normalized spacial score (nSPS) is 12.9. The van der Waals surface area contributed by atoms with E-state index in [9.17, 15) is 18.4 Å². The number of carbonyl (C=O) groups excluding carboxylic acids is 2. The van der Waals surface area contributed by atoms with Crippen LogP contribution in [0.1, 0.15) is 35.8 Å². The first-order valence-corrected chi connectivity index (χ1v) is 8.09. The molecule has 0 aromatic heterocycles. The highest BCUT2D eigenvalue weighted by Gasteiger charge is 2.30. The molecule has 0 N–H and O–H groups in total. The van der Waals surface area contributed by atoms with Crippen molar-refractivity contribution in [3.8, 4) is 0 Å². The van der Waals surface area contributed by atoms with Crippen LogP contribution in [-0.2, 0) is 19.1 Å². The highest BCUT2D eigenvalue weighted by Crippen LogP contribution is 2.39. The van der Waals surface area contributed by atoms with E-state index in [0.29, 0.717) is 11.1 Å². The third-order valence-electron chi connectivity index (χ3n) is 4.31. The van der Waals surface area contributed by atoms with Gasteiger partial charge in [0, 0.05) is 11.8 Å². The summed E-state index contributed by atoms with van der Waals surface area (Å²) in [5, 5.41) is 0. The van der Waals surface area contributed by atoms with E-state index in [1.54, 1.807) is 24.3 Å². The first-order valence-electron chi connectivity index (χ1n) is 8.09. The summed E-state index contributed by atoms with van der Waals surface area (Å²) in [7, 11) is 2.55. The maximum Gasteiger partial charge on any atom is 0.306 e. The number of hydrogen-bond donors (Lipinski definition) is 0. The van der Waals surface area contributed by atoms with Gasteiger partial charge in [0.1, 0.15) is 11.6 Å². The van der Waals surface area contributed by atoms with E-state index < -0.39 is 35.4 Å². The number of benzene rings is 2. The van der Waals surface area contributed by atoms with Gasteiger partial charge in [-0.3, -0.25) is 9.59 Å². The molecule has 0 heterocycles. The Morgan fingerprint density at radius 2 is 1.04 bits per heavy atom. The average Bonchev–Trinajstić information content (AvgIpc) is 2.65. The molecule has 0 aliphatic heterocycles. The van der Waals surface area contributed by atoms with E-state index >= 15 is 0 Å². The van der Waals surface area contributed by atoms with Crippen molar-refractivity contribution in [3.63, 3.8) is 0 Å². The van der Waals surface area contributed by atoms with Gasteiger partial charge >= 0.3 is 11.9 Å². The Morgan fingerprint density at radius 3 is 1.31 bits per heavy atom. The van der Waals surface area contributed by atoms with E-state index in [1.165, 1.54) is 38.5 Å². The molecule has 0 aliphatic carbocycles. The number of halogens is 2. The third-order valence-corrected chi connectivity index (χ3v) is 4.31. The lowest BCUT2D eigenvalue weighted by molar-refractivity contribution is -0.143. The van der Waals surface area contributed by atoms with Crippen LogP contribution < -0.4 is 0 Å². The van der Waals surface area contributed by atoms with Crippen molar-refractivity contribution in [2.24, 2.45) is 0 Å². The van der Waals surface area contributed by atoms with Crippen LogP contribution in [0.15, 0.2) is 48.5 Å². The van der Waals surface area contributed by atoms with Crippen molar-refractivity contribution < 1.29 is 27.8 Å². The summed E-state index contributed by atoms with van der Waals surface area (Å²) in [6.07, 6.45) is -0.0255. The Hall–Kier alpha value is -2.76. The molecule has 138 valence electrons. The minimum Gasteiger partial charge on any atom is -0.469 e. The van der Waals surface area contributed by atoms with Gasteiger partial charge < -0.3 is 9.47 Å². The summed E-state index contributed by atoms with van der Waals surface area (Å²) in [6, 6.07) is 11.4. The predicted molar refractivity (Wildman–Crippen MR) is 91.5 cm³/mol. The van der Waals surface area contributed by atoms with Crippen molar-refractivity contribution in [1.29, 1.82) is 0 Å². The van der Waals surface area contributed by atoms with E-state index in [0.717, 1.165) is 0 Å². The van der Waals surface area contributed by atoms with E-state index in [2.05, 4.69) is 0 Å². The summed E-state index contributed by atoms with van der Waals surface area (Å²) < 4.78 is 36.2. The monoisotopic (exact) mass is 362 g/mol. The Kier molecular flexibility index (Phi) is 6.83. The van der Waals surface area contributed by atoms with E-state index in [1.807, 2.05) is 0 Å². The van der Waals surface area contributed by atoms with Crippen molar-refractivity contribution >= 4 is 11.9 Å². The maximum atomic E-state index is 13.3. The number of hydrogen-bond acceptors (Lipinski definition) is 4. The topological polar surface area (TPSA) is 52.6 Å². The van der Waals surface area contributed by atoms with Crippen LogP contribution in [0.4, 0.5) is 8.78 Å². The number of methoxy groups -OCH3 is 2. The van der Waals surface area contributed by atoms with Crippen LogP contribution in [0, 0.1) is 11.6 Å². The van der Waals surface area contributed by atoms with Gasteiger partial charge in [-0.1, -0.05) is 24.3 Å². The predicted octanol–water partition coefficient (Wildman–Crippen LogP) is 3.96. The molecule has 0 fully saturated rings. The SMILES string of the molecule is COC(=O)C[C@@H](c1ccc(F)cc1)[C@@H](CC(=O)OC)c1ccc(F)cc1. The first kappa shape index (κ1) is 19.6. The molecular formula is C20H20F2O4. The van der Waals surface area contributed by atoms with Gasteiger partial charge in [0.2, 0.25) is 0 Å². The molecule has 6 heteroatoms. The summed E-state index contributed by atoms with van der Waals surface area (Å²) in [5.74, 6) is -2.67. The van der Waals surface area contributed by atoms with Gasteiger partial charge in [-0.2, -0.15) is 0 Å². The summed E-state index contributed by atoms with van der Waals surface area (Å²) in [5.41, 5.74) is 1.35. The van der Waals surface area contributed by atoms with Crippen LogP contribution in [-0.4, -0.2) is 26.2 Å². The fraction of sp³-hybridized carbons (Fsp3) is 0.300. The van der Waals surface area contributed by atoms with Crippen LogP contribution in [0.3, 0.4) is 0 Å². The van der Waals surface area contributed by atoms with Gasteiger partial charge in [-0.25, -0.2) is 8.78 Å². The van der Waals surface area contributed by atoms with Gasteiger partial charge in [-0.05, 0) is 35.4 Å². The molecule has 0 bridgehead atoms. The second-order valence-electron chi connectivity index (χ2n) is 5.88. The third kappa shape index (κ3) is 5.12. The minimum atomic E-state index is -0.465. The zero-order valence-corrected chi connectivity index (χ0v) is 14.6. The molecule has 26 heavy (non-hydrogen) atoms. The first-order chi connectivity index (χ1) is 12.4. The highest BCUT2D eigenvalue weighted by atomic mass is 19.1. The maximum absolute atomic E-state index is 13.3. The Labute approximate surface area is 150 Å². The van der Waals surface area contributed by atoms with Crippen molar-refractivity contribution in [1.82, 2.24) is 0 Å². The number of esters is 2. The second kappa shape index (κ2) is 9.08. The molecule has 2 rings (SSSR count). The lowest BCUT2D eigenvalue weighted by atomic mass is 9.77. The van der Waals surface area contributed by atoms with Crippen LogP contribution in [0.25, 0.3) is 0 Å². The van der Waals surface area contributed by atoms with E-state index in [-0.39, 0.29) is 12.8 Å². The molecule has 4 nitrogen and oxygen atoms in total. The van der Waals surface area contributed by atoms with Crippen molar-refractivity contribution in [2.75, 3.05) is 14.2 Å². The van der Waals surface area contributed by atoms with Crippen molar-refractivity contribution in [3.05, 3.63) is 71.3 Å². The van der Waals surface area contributed by atoms with Crippen LogP contribution in [0.2, 0.25) is 0 Å². The van der Waals surface area contributed by atoms with Crippen LogP contribution >= 0.6 is 0 Å². The lowest BCUT2D eigenvalue weighted by Crippen LogP contribution is -2.20. The van der Waals surface area contributed by atoms with Gasteiger partial charge in [0.25, 0.3) is 0 Å². The Balaban J connectivity index is 2.47. The van der Waals surface area contributed by atoms with Gasteiger partial charge in [0.05, 0.1) is 27.1 Å². The highest BCUT2D eigenvalue weighted by molar-refractivity contribution is 5.73. The van der Waals surface area contributed by atoms with E-state index in [4.69, 9.17) is 9.47 Å². The minimum absolute atomic E-state index is 0.0127. The molecular weight excluding hydrogens is 342 g/mol. The molecule has 2 atom stereocenters. The molecule has 0 saturated heterocycles. The molecule has 0 amide bonds. The molecule has 0 spiro atoms. The molecule has 2 aromatic carbocycles. The van der Waals surface area contributed by atoms with Crippen molar-refractivity contribution in [2.45, 2.75) is 24.7 Å². The lowest BCUT2D eigenvalue weighted by Gasteiger charge is -2.27. The molecule has 2 aromatic rings. The Morgan fingerprint density at radius 1 is 0.731 bits per heavy atom. The quantitative estimate of drug-likeness (QED) is 0.700. The molecule has 0 radical (unpaired) electrons. The largest absolute Gasteiger partial charge is 0.469 e.